The summed E-state index contributed by atoms with van der Waals surface area (Å²) in [7, 11) is 0. The molecule has 0 atom stereocenters. The molecule has 0 radical (unpaired) electrons. The third-order valence-electron chi connectivity index (χ3n) is 2.43. The van der Waals surface area contributed by atoms with Crippen LogP contribution in [0.2, 0.25) is 0 Å². The van der Waals surface area contributed by atoms with Crippen molar-refractivity contribution < 1.29 is 19.9 Å². The lowest BCUT2D eigenvalue weighted by Crippen LogP contribution is -2.24. The van der Waals surface area contributed by atoms with Crippen LogP contribution >= 0.6 is 11.8 Å². The van der Waals surface area contributed by atoms with Crippen molar-refractivity contribution in [3.63, 3.8) is 0 Å². The first-order valence-electron chi connectivity index (χ1n) is 6.03. The molecule has 1 aromatic rings. The third-order valence-corrected chi connectivity index (χ3v) is 3.15. The Morgan fingerprint density at radius 1 is 1.57 bits per heavy atom. The lowest BCUT2D eigenvalue weighted by atomic mass is 10.2. The van der Waals surface area contributed by atoms with Gasteiger partial charge in [-0.05, 0) is 17.9 Å². The number of amides is 1. The van der Waals surface area contributed by atoms with Crippen molar-refractivity contribution in [3.8, 4) is 5.75 Å². The minimum Gasteiger partial charge on any atom is -0.503 e. The van der Waals surface area contributed by atoms with Crippen molar-refractivity contribution in [2.24, 2.45) is 16.6 Å². The van der Waals surface area contributed by atoms with Crippen molar-refractivity contribution in [2.75, 3.05) is 0 Å². The van der Waals surface area contributed by atoms with Gasteiger partial charge in [0.25, 0.3) is 5.91 Å². The fraction of sp³-hybridized carbons (Fsp3) is 0.167. The topological polar surface area (TPSA) is 177 Å². The van der Waals surface area contributed by atoms with Gasteiger partial charge in [0.15, 0.2) is 23.2 Å². The van der Waals surface area contributed by atoms with Crippen LogP contribution in [0, 0.1) is 5.41 Å². The monoisotopic (exact) mass is 341 g/mol. The highest BCUT2D eigenvalue weighted by Gasteiger charge is 2.12. The third kappa shape index (κ3) is 5.39. The number of nitrogens with one attached hydrogen (secondary N) is 1. The Balaban J connectivity index is 2.89. The summed E-state index contributed by atoms with van der Waals surface area (Å²) in [6.45, 7) is 1.17. The predicted octanol–water partition coefficient (Wildman–Crippen LogP) is -0.320. The van der Waals surface area contributed by atoms with E-state index in [9.17, 15) is 14.8 Å². The molecule has 0 bridgehead atoms. The number of aromatic nitrogens is 1. The average molecular weight is 341 g/mol. The second-order valence-electron chi connectivity index (χ2n) is 4.22. The Labute approximate surface area is 134 Å². The van der Waals surface area contributed by atoms with Crippen molar-refractivity contribution in [2.45, 2.75) is 13.5 Å². The number of nitrogens with zero attached hydrogens (tertiary/aromatic N) is 2. The van der Waals surface area contributed by atoms with Gasteiger partial charge in [-0.15, -0.1) is 0 Å². The summed E-state index contributed by atoms with van der Waals surface area (Å²) in [5.41, 5.74) is 9.76. The average Bonchev–Trinajstić information content (AvgIpc) is 2.45. The van der Waals surface area contributed by atoms with Gasteiger partial charge in [0.05, 0.1) is 6.20 Å². The van der Waals surface area contributed by atoms with Crippen molar-refractivity contribution in [1.29, 1.82) is 5.41 Å². The highest BCUT2D eigenvalue weighted by atomic mass is 32.2. The first-order valence-corrected chi connectivity index (χ1v) is 6.91. The maximum absolute atomic E-state index is 11.3. The van der Waals surface area contributed by atoms with Crippen LogP contribution in [-0.2, 0) is 16.2 Å². The van der Waals surface area contributed by atoms with Crippen molar-refractivity contribution >= 4 is 28.5 Å². The molecule has 11 heteroatoms. The fourth-order valence-corrected chi connectivity index (χ4v) is 1.76. The Bertz CT molecular complexity index is 740. The Morgan fingerprint density at radius 2 is 2.22 bits per heavy atom. The van der Waals surface area contributed by atoms with Gasteiger partial charge < -0.3 is 26.6 Å². The number of carbonyl (C=O) groups is 1. The van der Waals surface area contributed by atoms with Crippen LogP contribution < -0.4 is 16.9 Å². The number of thioether (sulfide) groups is 1. The summed E-state index contributed by atoms with van der Waals surface area (Å²) in [6, 6.07) is 0.948. The molecular weight excluding hydrogens is 326 g/mol. The van der Waals surface area contributed by atoms with E-state index in [2.05, 4.69) is 5.16 Å². The lowest BCUT2D eigenvalue weighted by Gasteiger charge is -2.07. The molecule has 0 aliphatic carbocycles. The molecule has 23 heavy (non-hydrogen) atoms. The number of pyridine rings is 1. The van der Waals surface area contributed by atoms with Gasteiger partial charge in [0.2, 0.25) is 5.43 Å². The molecule has 1 aromatic heterocycles. The smallest absolute Gasteiger partial charge is 0.271 e. The number of oxime groups is 1. The second kappa shape index (κ2) is 7.89. The van der Waals surface area contributed by atoms with Crippen LogP contribution in [0.1, 0.15) is 12.6 Å². The zero-order valence-corrected chi connectivity index (χ0v) is 12.8. The van der Waals surface area contributed by atoms with E-state index in [1.807, 2.05) is 0 Å². The Kier molecular flexibility index (Phi) is 6.21. The molecule has 0 saturated carbocycles. The predicted molar refractivity (Wildman–Crippen MR) is 84.2 cm³/mol. The lowest BCUT2D eigenvalue weighted by molar-refractivity contribution is -0.112. The van der Waals surface area contributed by atoms with Crippen molar-refractivity contribution in [3.05, 3.63) is 39.2 Å². The second-order valence-corrected chi connectivity index (χ2v) is 5.13. The molecule has 0 unspecified atom stereocenters. The number of amidine groups is 1. The maximum Gasteiger partial charge on any atom is 0.271 e. The van der Waals surface area contributed by atoms with E-state index in [-0.39, 0.29) is 23.2 Å². The van der Waals surface area contributed by atoms with E-state index >= 15 is 0 Å². The SMILES string of the molecule is CC(=C\SC(=N)N)/C(=N/OCc1cc(=O)c(O)cn1O)C(N)=O. The van der Waals surface area contributed by atoms with Gasteiger partial charge >= 0.3 is 0 Å². The van der Waals surface area contributed by atoms with E-state index < -0.39 is 17.1 Å². The summed E-state index contributed by atoms with van der Waals surface area (Å²) >= 11 is 0.863. The first-order chi connectivity index (χ1) is 10.7. The number of nitrogens with two attached hydrogens (primary N) is 2. The van der Waals surface area contributed by atoms with Gasteiger partial charge in [0, 0.05) is 6.07 Å². The molecule has 1 heterocycles. The number of rotatable bonds is 6. The molecule has 0 aliphatic rings. The Hall–Kier alpha value is -2.95. The number of hydrogen-bond acceptors (Lipinski definition) is 8. The van der Waals surface area contributed by atoms with Crippen LogP contribution in [0.15, 0.2) is 33.2 Å². The largest absolute Gasteiger partial charge is 0.503 e. The van der Waals surface area contributed by atoms with Gasteiger partial charge in [0.1, 0.15) is 5.69 Å². The van der Waals surface area contributed by atoms with E-state index in [1.165, 1.54) is 12.3 Å². The molecule has 0 aliphatic heterocycles. The summed E-state index contributed by atoms with van der Waals surface area (Å²) in [4.78, 5) is 27.5. The molecule has 7 N–H and O–H groups in total. The van der Waals surface area contributed by atoms with E-state index in [0.29, 0.717) is 10.3 Å². The highest BCUT2D eigenvalue weighted by Crippen LogP contribution is 2.09. The zero-order valence-electron chi connectivity index (χ0n) is 12.0. The molecule has 0 saturated heterocycles. The highest BCUT2D eigenvalue weighted by molar-refractivity contribution is 8.16. The molecular formula is C12H15N5O5S. The zero-order chi connectivity index (χ0) is 17.6. The van der Waals surface area contributed by atoms with Crippen LogP contribution in [0.4, 0.5) is 0 Å². The molecule has 1 amide bonds. The van der Waals surface area contributed by atoms with Gasteiger partial charge in [-0.25, -0.2) is 0 Å². The fourth-order valence-electron chi connectivity index (χ4n) is 1.34. The van der Waals surface area contributed by atoms with Crippen molar-refractivity contribution in [1.82, 2.24) is 4.73 Å². The van der Waals surface area contributed by atoms with E-state index in [4.69, 9.17) is 26.8 Å². The summed E-state index contributed by atoms with van der Waals surface area (Å²) < 4.78 is 0.491. The molecule has 1 rings (SSSR count). The van der Waals surface area contributed by atoms with E-state index in [0.717, 1.165) is 24.0 Å². The minimum absolute atomic E-state index is 0.000106. The number of aromatic hydroxyl groups is 1. The maximum atomic E-state index is 11.3. The van der Waals surface area contributed by atoms with Gasteiger partial charge in [-0.1, -0.05) is 16.9 Å². The van der Waals surface area contributed by atoms with Crippen LogP contribution in [0.25, 0.3) is 0 Å². The molecule has 0 aromatic carbocycles. The normalized spacial score (nSPS) is 12.0. The van der Waals surface area contributed by atoms with Gasteiger partial charge in [-0.2, -0.15) is 4.73 Å². The molecule has 124 valence electrons. The van der Waals surface area contributed by atoms with Crippen LogP contribution in [0.5, 0.6) is 5.75 Å². The van der Waals surface area contributed by atoms with E-state index in [1.54, 1.807) is 0 Å². The standard InChI is InChI=1S/C12H15N5O5S/c1-6(5-23-12(14)15)10(11(13)20)16-22-4-7-2-8(18)9(19)3-17(7)21/h2-3,5,19,21H,4H2,1H3,(H2,13,20)(H3,14,15)/b6-5+,16-10-. The molecule has 0 fully saturated rings. The summed E-state index contributed by atoms with van der Waals surface area (Å²) in [5, 5.41) is 30.5. The quantitative estimate of drug-likeness (QED) is 0.204. The minimum atomic E-state index is -0.866. The molecule has 10 nitrogen and oxygen atoms in total. The number of carbonyl (C=O) groups excluding carboxylic acids is 1. The Morgan fingerprint density at radius 3 is 2.78 bits per heavy atom. The number of hydrogen-bond donors (Lipinski definition) is 5. The first kappa shape index (κ1) is 18.1. The molecule has 0 spiro atoms. The van der Waals surface area contributed by atoms with Crippen LogP contribution in [-0.4, -0.2) is 31.8 Å². The van der Waals surface area contributed by atoms with Gasteiger partial charge in [-0.3, -0.25) is 15.0 Å². The van der Waals surface area contributed by atoms with Crippen LogP contribution in [0.3, 0.4) is 0 Å². The summed E-state index contributed by atoms with van der Waals surface area (Å²) in [5.74, 6) is -1.49. The summed E-state index contributed by atoms with van der Waals surface area (Å²) in [6.07, 6.45) is 0.800. The number of primary amides is 1.